The second-order valence-electron chi connectivity index (χ2n) is 6.26. The van der Waals surface area contributed by atoms with Gasteiger partial charge in [0.15, 0.2) is 5.82 Å². The molecule has 4 rings (SSSR count). The van der Waals surface area contributed by atoms with Crippen LogP contribution in [-0.2, 0) is 9.47 Å². The van der Waals surface area contributed by atoms with Gasteiger partial charge in [-0.1, -0.05) is 24.3 Å². The van der Waals surface area contributed by atoms with Crippen molar-refractivity contribution in [2.45, 2.75) is 25.5 Å². The van der Waals surface area contributed by atoms with Crippen LogP contribution in [0.3, 0.4) is 0 Å². The van der Waals surface area contributed by atoms with Crippen LogP contribution < -0.4 is 5.32 Å². The fraction of sp³-hybridized carbons (Fsp3) is 0.529. The van der Waals surface area contributed by atoms with Crippen LogP contribution in [0.5, 0.6) is 0 Å². The average molecular weight is 299 g/mol. The number of aryl methyl sites for hydroxylation is 1. The summed E-state index contributed by atoms with van der Waals surface area (Å²) in [6.45, 7) is 3.57. The van der Waals surface area contributed by atoms with Crippen molar-refractivity contribution in [1.29, 1.82) is 0 Å². The minimum atomic E-state index is 0.335. The fourth-order valence-corrected chi connectivity index (χ4v) is 3.94. The van der Waals surface area contributed by atoms with Crippen LogP contribution in [0.4, 0.5) is 5.82 Å². The summed E-state index contributed by atoms with van der Waals surface area (Å²) in [6, 6.07) is 8.64. The molecule has 4 atom stereocenters. The van der Waals surface area contributed by atoms with E-state index in [1.54, 1.807) is 7.11 Å². The molecule has 0 spiro atoms. The monoisotopic (exact) mass is 299 g/mol. The van der Waals surface area contributed by atoms with Gasteiger partial charge in [-0.05, 0) is 13.3 Å². The third kappa shape index (κ3) is 2.08. The Morgan fingerprint density at radius 3 is 2.91 bits per heavy atom. The Morgan fingerprint density at radius 1 is 1.27 bits per heavy atom. The van der Waals surface area contributed by atoms with Crippen LogP contribution in [-0.4, -0.2) is 42.7 Å². The van der Waals surface area contributed by atoms with Crippen LogP contribution in [0, 0.1) is 18.8 Å². The molecule has 5 nitrogen and oxygen atoms in total. The molecule has 0 unspecified atom stereocenters. The molecule has 1 aromatic carbocycles. The van der Waals surface area contributed by atoms with E-state index in [2.05, 4.69) is 27.6 Å². The molecule has 1 saturated carbocycles. The SMILES string of the molecule is COC[C@@H]1[C@@H](Nc2nnc(C)c3ccccc23)[C@@H]2CCO[C@H]12. The molecule has 2 aromatic rings. The minimum absolute atomic E-state index is 0.335. The molecule has 1 aliphatic heterocycles. The van der Waals surface area contributed by atoms with Gasteiger partial charge in [-0.2, -0.15) is 5.10 Å². The second-order valence-corrected chi connectivity index (χ2v) is 6.26. The van der Waals surface area contributed by atoms with Crippen LogP contribution in [0.15, 0.2) is 24.3 Å². The zero-order valence-electron chi connectivity index (χ0n) is 13.0. The van der Waals surface area contributed by atoms with Crippen molar-refractivity contribution < 1.29 is 9.47 Å². The van der Waals surface area contributed by atoms with E-state index in [1.807, 2.05) is 19.1 Å². The third-order valence-corrected chi connectivity index (χ3v) is 5.06. The van der Waals surface area contributed by atoms with E-state index >= 15 is 0 Å². The number of aromatic nitrogens is 2. The summed E-state index contributed by atoms with van der Waals surface area (Å²) in [7, 11) is 1.75. The lowest BCUT2D eigenvalue weighted by Gasteiger charge is -2.47. The summed E-state index contributed by atoms with van der Waals surface area (Å²) in [6.07, 6.45) is 1.45. The summed E-state index contributed by atoms with van der Waals surface area (Å²) >= 11 is 0. The molecule has 1 saturated heterocycles. The summed E-state index contributed by atoms with van der Waals surface area (Å²) in [5.74, 6) is 1.82. The first-order valence-corrected chi connectivity index (χ1v) is 7.88. The number of ether oxygens (including phenoxy) is 2. The molecule has 22 heavy (non-hydrogen) atoms. The van der Waals surface area contributed by atoms with Crippen molar-refractivity contribution in [3.8, 4) is 0 Å². The van der Waals surface area contributed by atoms with E-state index in [0.717, 1.165) is 41.9 Å². The molecule has 2 fully saturated rings. The molecule has 0 radical (unpaired) electrons. The van der Waals surface area contributed by atoms with Gasteiger partial charge < -0.3 is 14.8 Å². The van der Waals surface area contributed by atoms with E-state index in [1.165, 1.54) is 0 Å². The molecule has 5 heteroatoms. The Morgan fingerprint density at radius 2 is 2.09 bits per heavy atom. The lowest BCUT2D eigenvalue weighted by atomic mass is 9.67. The normalized spacial score (nSPS) is 30.1. The van der Waals surface area contributed by atoms with Crippen molar-refractivity contribution in [2.75, 3.05) is 25.6 Å². The maximum absolute atomic E-state index is 5.84. The molecule has 1 aromatic heterocycles. The molecule has 1 aliphatic carbocycles. The predicted molar refractivity (Wildman–Crippen MR) is 84.9 cm³/mol. The summed E-state index contributed by atoms with van der Waals surface area (Å²) in [4.78, 5) is 0. The van der Waals surface area contributed by atoms with Crippen molar-refractivity contribution in [1.82, 2.24) is 10.2 Å². The van der Waals surface area contributed by atoms with Crippen molar-refractivity contribution in [3.05, 3.63) is 30.0 Å². The quantitative estimate of drug-likeness (QED) is 0.939. The van der Waals surface area contributed by atoms with Gasteiger partial charge in [0, 0.05) is 42.4 Å². The second kappa shape index (κ2) is 5.48. The molecular weight excluding hydrogens is 278 g/mol. The van der Waals surface area contributed by atoms with Gasteiger partial charge in [0.2, 0.25) is 0 Å². The molecule has 0 amide bonds. The number of hydrogen-bond acceptors (Lipinski definition) is 5. The number of hydrogen-bond donors (Lipinski definition) is 1. The maximum Gasteiger partial charge on any atom is 0.156 e. The summed E-state index contributed by atoms with van der Waals surface area (Å²) in [5.41, 5.74) is 0.963. The Hall–Kier alpha value is -1.72. The van der Waals surface area contributed by atoms with Gasteiger partial charge in [-0.25, -0.2) is 0 Å². The Bertz CT molecular complexity index is 691. The summed E-state index contributed by atoms with van der Waals surface area (Å²) in [5, 5.41) is 14.6. The lowest BCUT2D eigenvalue weighted by Crippen LogP contribution is -2.58. The zero-order chi connectivity index (χ0) is 15.1. The van der Waals surface area contributed by atoms with Crippen molar-refractivity contribution in [3.63, 3.8) is 0 Å². The lowest BCUT2D eigenvalue weighted by molar-refractivity contribution is -0.0667. The topological polar surface area (TPSA) is 56.3 Å². The number of fused-ring (bicyclic) bond motifs is 2. The first-order chi connectivity index (χ1) is 10.8. The zero-order valence-corrected chi connectivity index (χ0v) is 13.0. The molecule has 1 N–H and O–H groups in total. The highest BCUT2D eigenvalue weighted by Gasteiger charge is 2.53. The van der Waals surface area contributed by atoms with E-state index < -0.39 is 0 Å². The fourth-order valence-electron chi connectivity index (χ4n) is 3.94. The van der Waals surface area contributed by atoms with E-state index in [9.17, 15) is 0 Å². The van der Waals surface area contributed by atoms with E-state index in [0.29, 0.717) is 24.0 Å². The average Bonchev–Trinajstić information content (AvgIpc) is 2.97. The number of nitrogens with zero attached hydrogens (tertiary/aromatic N) is 2. The minimum Gasteiger partial charge on any atom is -0.384 e. The van der Waals surface area contributed by atoms with Crippen LogP contribution in [0.2, 0.25) is 0 Å². The number of rotatable bonds is 4. The van der Waals surface area contributed by atoms with Crippen molar-refractivity contribution in [2.24, 2.45) is 11.8 Å². The van der Waals surface area contributed by atoms with Gasteiger partial charge in [-0.3, -0.25) is 0 Å². The first-order valence-electron chi connectivity index (χ1n) is 7.88. The molecule has 2 heterocycles. The Balaban J connectivity index is 1.64. The Labute approximate surface area is 130 Å². The van der Waals surface area contributed by atoms with Crippen LogP contribution in [0.1, 0.15) is 12.1 Å². The highest BCUT2D eigenvalue weighted by Crippen LogP contribution is 2.45. The standard InChI is InChI=1S/C17H21N3O2/c1-10-11-5-3-4-6-12(11)17(20-19-10)18-15-13-7-8-22-16(13)14(15)9-21-2/h3-6,13-16H,7-9H2,1-2H3,(H,18,20)/t13-,14+,15-,16-/m0/s1. The van der Waals surface area contributed by atoms with Gasteiger partial charge in [-0.15, -0.1) is 5.10 Å². The van der Waals surface area contributed by atoms with Crippen LogP contribution in [0.25, 0.3) is 10.8 Å². The molecule has 0 bridgehead atoms. The van der Waals surface area contributed by atoms with Crippen LogP contribution >= 0.6 is 0 Å². The van der Waals surface area contributed by atoms with E-state index in [4.69, 9.17) is 9.47 Å². The van der Waals surface area contributed by atoms with Gasteiger partial charge >= 0.3 is 0 Å². The largest absolute Gasteiger partial charge is 0.384 e. The van der Waals surface area contributed by atoms with Gasteiger partial charge in [0.1, 0.15) is 0 Å². The van der Waals surface area contributed by atoms with E-state index in [-0.39, 0.29) is 0 Å². The number of benzene rings is 1. The number of anilines is 1. The molecule has 116 valence electrons. The smallest absolute Gasteiger partial charge is 0.156 e. The Kier molecular flexibility index (Phi) is 3.47. The number of methoxy groups -OCH3 is 1. The number of nitrogens with one attached hydrogen (secondary N) is 1. The predicted octanol–water partition coefficient (Wildman–Crippen LogP) is 2.40. The first kappa shape index (κ1) is 13.9. The van der Waals surface area contributed by atoms with Gasteiger partial charge in [0.25, 0.3) is 0 Å². The molecular formula is C17H21N3O2. The molecule has 2 aliphatic rings. The third-order valence-electron chi connectivity index (χ3n) is 5.06. The van der Waals surface area contributed by atoms with Gasteiger partial charge in [0.05, 0.1) is 18.4 Å². The van der Waals surface area contributed by atoms with Crippen molar-refractivity contribution >= 4 is 16.6 Å². The maximum atomic E-state index is 5.84. The highest BCUT2D eigenvalue weighted by molar-refractivity contribution is 5.93. The highest BCUT2D eigenvalue weighted by atomic mass is 16.5. The summed E-state index contributed by atoms with van der Waals surface area (Å²) < 4.78 is 11.2.